The highest BCUT2D eigenvalue weighted by Crippen LogP contribution is 2.30. The number of amides is 2. The topological polar surface area (TPSA) is 89.5 Å². The predicted octanol–water partition coefficient (Wildman–Crippen LogP) is 3.71. The Bertz CT molecular complexity index is 743. The molecule has 2 N–H and O–H groups in total. The molecule has 24 heavy (non-hydrogen) atoms. The Labute approximate surface area is 144 Å². The summed E-state index contributed by atoms with van der Waals surface area (Å²) in [5.41, 5.74) is 0.815. The van der Waals surface area contributed by atoms with Gasteiger partial charge in [0.1, 0.15) is 5.75 Å². The van der Waals surface area contributed by atoms with Gasteiger partial charge in [0.2, 0.25) is 0 Å². The summed E-state index contributed by atoms with van der Waals surface area (Å²) >= 11 is 1.25. The number of anilines is 2. The highest BCUT2D eigenvalue weighted by Gasteiger charge is 2.21. The van der Waals surface area contributed by atoms with Crippen LogP contribution in [0.2, 0.25) is 0 Å². The van der Waals surface area contributed by atoms with Crippen LogP contribution in [0.15, 0.2) is 24.3 Å². The number of hydrogen-bond acceptors (Lipinski definition) is 6. The summed E-state index contributed by atoms with van der Waals surface area (Å²) in [4.78, 5) is 28.8. The Morgan fingerprint density at radius 3 is 2.58 bits per heavy atom. The molecular formula is C16H19N3O4S. The molecule has 1 heterocycles. The quantitative estimate of drug-likeness (QED) is 0.803. The average Bonchev–Trinajstić information content (AvgIpc) is 2.98. The van der Waals surface area contributed by atoms with Crippen molar-refractivity contribution in [3.63, 3.8) is 0 Å². The lowest BCUT2D eigenvalue weighted by Gasteiger charge is -2.06. The summed E-state index contributed by atoms with van der Waals surface area (Å²) in [6, 6.07) is 6.53. The van der Waals surface area contributed by atoms with Crippen LogP contribution < -0.4 is 15.4 Å². The number of carbonyl (C=O) groups is 2. The number of benzene rings is 1. The molecule has 128 valence electrons. The zero-order valence-corrected chi connectivity index (χ0v) is 14.7. The van der Waals surface area contributed by atoms with Gasteiger partial charge >= 0.3 is 12.0 Å². The smallest absolute Gasteiger partial charge is 0.357 e. The molecule has 2 rings (SSSR count). The highest BCUT2D eigenvalue weighted by molar-refractivity contribution is 7.16. The maximum atomic E-state index is 12.1. The molecule has 2 aromatic rings. The molecule has 0 atom stereocenters. The third kappa shape index (κ3) is 4.23. The molecule has 8 heteroatoms. The Kier molecular flexibility index (Phi) is 5.75. The minimum absolute atomic E-state index is 0.0913. The van der Waals surface area contributed by atoms with Crippen molar-refractivity contribution >= 4 is 34.2 Å². The highest BCUT2D eigenvalue weighted by atomic mass is 32.1. The van der Waals surface area contributed by atoms with Crippen molar-refractivity contribution in [3.8, 4) is 5.75 Å². The number of nitrogens with one attached hydrogen (secondary N) is 2. The zero-order chi connectivity index (χ0) is 17.7. The summed E-state index contributed by atoms with van der Waals surface area (Å²) < 4.78 is 9.84. The first-order valence-electron chi connectivity index (χ1n) is 7.25. The van der Waals surface area contributed by atoms with Gasteiger partial charge in [-0.3, -0.25) is 5.32 Å². The number of methoxy groups -OCH3 is 2. The van der Waals surface area contributed by atoms with Crippen LogP contribution in [0.25, 0.3) is 0 Å². The number of carbonyl (C=O) groups excluding carboxylic acids is 2. The van der Waals surface area contributed by atoms with Crippen molar-refractivity contribution in [1.29, 1.82) is 0 Å². The van der Waals surface area contributed by atoms with Gasteiger partial charge in [-0.15, -0.1) is 11.3 Å². The van der Waals surface area contributed by atoms with Crippen molar-refractivity contribution < 1.29 is 19.1 Å². The fourth-order valence-electron chi connectivity index (χ4n) is 1.98. The Balaban J connectivity index is 2.12. The molecule has 0 saturated heterocycles. The van der Waals surface area contributed by atoms with Crippen LogP contribution in [0.3, 0.4) is 0 Å². The second-order valence-corrected chi connectivity index (χ2v) is 6.22. The molecule has 2 amide bonds. The SMILES string of the molecule is COC(=O)c1nc(NC(=O)Nc2cccc(OC)c2)sc1C(C)C. The van der Waals surface area contributed by atoms with Crippen LogP contribution in [-0.4, -0.2) is 31.2 Å². The van der Waals surface area contributed by atoms with Gasteiger partial charge in [-0.25, -0.2) is 14.6 Å². The first-order valence-corrected chi connectivity index (χ1v) is 8.07. The van der Waals surface area contributed by atoms with Gasteiger partial charge in [0.15, 0.2) is 10.8 Å². The molecule has 0 spiro atoms. The molecule has 0 aliphatic rings. The maximum Gasteiger partial charge on any atom is 0.357 e. The third-order valence-electron chi connectivity index (χ3n) is 3.10. The van der Waals surface area contributed by atoms with Gasteiger partial charge in [0.05, 0.1) is 14.2 Å². The average molecular weight is 349 g/mol. The van der Waals surface area contributed by atoms with E-state index in [2.05, 4.69) is 15.6 Å². The number of urea groups is 1. The van der Waals surface area contributed by atoms with E-state index in [-0.39, 0.29) is 11.6 Å². The van der Waals surface area contributed by atoms with E-state index in [0.29, 0.717) is 16.6 Å². The van der Waals surface area contributed by atoms with Crippen molar-refractivity contribution in [1.82, 2.24) is 4.98 Å². The van der Waals surface area contributed by atoms with E-state index in [1.165, 1.54) is 18.4 Å². The van der Waals surface area contributed by atoms with Gasteiger partial charge in [-0.05, 0) is 18.1 Å². The molecule has 7 nitrogen and oxygen atoms in total. The minimum atomic E-state index is -0.517. The van der Waals surface area contributed by atoms with Crippen LogP contribution in [-0.2, 0) is 4.74 Å². The number of ether oxygens (including phenoxy) is 2. The minimum Gasteiger partial charge on any atom is -0.497 e. The second kappa shape index (κ2) is 7.78. The molecule has 0 aliphatic heterocycles. The molecule has 0 fully saturated rings. The number of hydrogen-bond donors (Lipinski definition) is 2. The van der Waals surface area contributed by atoms with Gasteiger partial charge in [-0.2, -0.15) is 0 Å². The van der Waals surface area contributed by atoms with E-state index in [1.807, 2.05) is 13.8 Å². The lowest BCUT2D eigenvalue weighted by atomic mass is 10.1. The molecule has 0 unspecified atom stereocenters. The number of nitrogens with zero attached hydrogens (tertiary/aromatic N) is 1. The van der Waals surface area contributed by atoms with Crippen LogP contribution >= 0.6 is 11.3 Å². The first kappa shape index (κ1) is 17.7. The summed E-state index contributed by atoms with van der Waals surface area (Å²) in [6.45, 7) is 3.89. The maximum absolute atomic E-state index is 12.1. The van der Waals surface area contributed by atoms with E-state index in [4.69, 9.17) is 9.47 Å². The summed E-state index contributed by atoms with van der Waals surface area (Å²) in [7, 11) is 2.85. The van der Waals surface area contributed by atoms with Gasteiger partial charge in [0, 0.05) is 16.6 Å². The number of esters is 1. The Morgan fingerprint density at radius 1 is 1.21 bits per heavy atom. The molecule has 0 bridgehead atoms. The third-order valence-corrected chi connectivity index (χ3v) is 4.38. The molecule has 0 aliphatic carbocycles. The van der Waals surface area contributed by atoms with Crippen molar-refractivity contribution in [3.05, 3.63) is 34.8 Å². The summed E-state index contributed by atoms with van der Waals surface area (Å²) in [5, 5.41) is 5.65. The molecule has 0 saturated carbocycles. The summed E-state index contributed by atoms with van der Waals surface area (Å²) in [6.07, 6.45) is 0. The largest absolute Gasteiger partial charge is 0.497 e. The zero-order valence-electron chi connectivity index (χ0n) is 13.9. The van der Waals surface area contributed by atoms with E-state index < -0.39 is 12.0 Å². The van der Waals surface area contributed by atoms with Crippen LogP contribution in [0, 0.1) is 0 Å². The Hall–Kier alpha value is -2.61. The van der Waals surface area contributed by atoms with Crippen LogP contribution in [0.4, 0.5) is 15.6 Å². The van der Waals surface area contributed by atoms with Gasteiger partial charge < -0.3 is 14.8 Å². The molecule has 0 radical (unpaired) electrons. The number of aromatic nitrogens is 1. The summed E-state index contributed by atoms with van der Waals surface area (Å²) in [5.74, 6) is 0.210. The normalized spacial score (nSPS) is 10.4. The monoisotopic (exact) mass is 349 g/mol. The van der Waals surface area contributed by atoms with Crippen molar-refractivity contribution in [2.24, 2.45) is 0 Å². The molecule has 1 aromatic heterocycles. The predicted molar refractivity (Wildman–Crippen MR) is 93.2 cm³/mol. The van der Waals surface area contributed by atoms with Gasteiger partial charge in [-0.1, -0.05) is 19.9 Å². The van der Waals surface area contributed by atoms with E-state index >= 15 is 0 Å². The van der Waals surface area contributed by atoms with Gasteiger partial charge in [0.25, 0.3) is 0 Å². The fraction of sp³-hybridized carbons (Fsp3) is 0.312. The molecule has 1 aromatic carbocycles. The number of thiazole rings is 1. The van der Waals surface area contributed by atoms with Crippen molar-refractivity contribution in [2.45, 2.75) is 19.8 Å². The molecular weight excluding hydrogens is 330 g/mol. The van der Waals surface area contributed by atoms with E-state index in [0.717, 1.165) is 4.88 Å². The lowest BCUT2D eigenvalue weighted by Crippen LogP contribution is -2.19. The van der Waals surface area contributed by atoms with Crippen LogP contribution in [0.1, 0.15) is 35.1 Å². The van der Waals surface area contributed by atoms with E-state index in [9.17, 15) is 9.59 Å². The fourth-order valence-corrected chi connectivity index (χ4v) is 2.93. The number of rotatable bonds is 5. The van der Waals surface area contributed by atoms with E-state index in [1.54, 1.807) is 31.4 Å². The van der Waals surface area contributed by atoms with Crippen molar-refractivity contribution in [2.75, 3.05) is 24.9 Å². The lowest BCUT2D eigenvalue weighted by molar-refractivity contribution is 0.0593. The Morgan fingerprint density at radius 2 is 1.96 bits per heavy atom. The standard InChI is InChI=1S/C16H19N3O4S/c1-9(2)13-12(14(20)23-4)18-16(24-13)19-15(21)17-10-6-5-7-11(8-10)22-3/h5-9H,1-4H3,(H2,17,18,19,21). The van der Waals surface area contributed by atoms with Crippen LogP contribution in [0.5, 0.6) is 5.75 Å². The second-order valence-electron chi connectivity index (χ2n) is 5.19. The first-order chi connectivity index (χ1) is 11.4.